The van der Waals surface area contributed by atoms with Gasteiger partial charge in [-0.25, -0.2) is 0 Å². The molecule has 0 saturated heterocycles. The van der Waals surface area contributed by atoms with E-state index < -0.39 is 16.4 Å². The predicted octanol–water partition coefficient (Wildman–Crippen LogP) is 4.38. The van der Waals surface area contributed by atoms with Gasteiger partial charge in [-0.3, -0.25) is 0 Å². The minimum absolute atomic E-state index is 0.645. The van der Waals surface area contributed by atoms with Gasteiger partial charge in [-0.05, 0) is 25.1 Å². The van der Waals surface area contributed by atoms with Crippen LogP contribution in [0, 0.1) is 0 Å². The van der Waals surface area contributed by atoms with Crippen LogP contribution in [-0.2, 0) is 4.43 Å². The fraction of sp³-hybridized carbons (Fsp3) is 0.467. The smallest absolute Gasteiger partial charge is 0.213 e. The molecule has 0 heterocycles. The largest absolute Gasteiger partial charge is 0.416 e. The number of hydrogen-bond acceptors (Lipinski definition) is 1. The summed E-state index contributed by atoms with van der Waals surface area (Å²) >= 11 is 0. The highest BCUT2D eigenvalue weighted by Gasteiger charge is 2.39. The number of allylic oxidation sites excluding steroid dienone is 8. The van der Waals surface area contributed by atoms with Crippen LogP contribution in [0.15, 0.2) is 46.8 Å². The predicted molar refractivity (Wildman–Crippen MR) is 84.8 cm³/mol. The molecule has 0 fully saturated rings. The van der Waals surface area contributed by atoms with Crippen LogP contribution in [0.3, 0.4) is 0 Å². The second kappa shape index (κ2) is 4.80. The van der Waals surface area contributed by atoms with Crippen LogP contribution in [0.5, 0.6) is 0 Å². The van der Waals surface area contributed by atoms with Crippen molar-refractivity contribution in [2.45, 2.75) is 38.2 Å². The molecule has 2 aliphatic rings. The summed E-state index contributed by atoms with van der Waals surface area (Å²) in [5, 5.41) is 3.26. The van der Waals surface area contributed by atoms with Gasteiger partial charge < -0.3 is 4.43 Å². The third-order valence-electron chi connectivity index (χ3n) is 4.44. The van der Waals surface area contributed by atoms with Crippen molar-refractivity contribution in [2.24, 2.45) is 0 Å². The maximum Gasteiger partial charge on any atom is 0.213 e. The minimum Gasteiger partial charge on any atom is -0.416 e. The van der Waals surface area contributed by atoms with Crippen LogP contribution in [0.25, 0.3) is 0 Å². The van der Waals surface area contributed by atoms with E-state index in [9.17, 15) is 0 Å². The van der Waals surface area contributed by atoms with Gasteiger partial charge in [0.25, 0.3) is 0 Å². The summed E-state index contributed by atoms with van der Waals surface area (Å²) in [6.07, 6.45) is 14.9. The lowest BCUT2D eigenvalue weighted by Gasteiger charge is -2.33. The Labute approximate surface area is 113 Å². The Balaban J connectivity index is 2.40. The van der Waals surface area contributed by atoms with Crippen molar-refractivity contribution < 1.29 is 4.43 Å². The normalized spacial score (nSPS) is 20.5. The molecule has 0 aromatic carbocycles. The van der Waals surface area contributed by atoms with Crippen molar-refractivity contribution in [1.82, 2.24) is 0 Å². The molecule has 0 atom stereocenters. The van der Waals surface area contributed by atoms with E-state index in [0.29, 0.717) is 5.54 Å². The summed E-state index contributed by atoms with van der Waals surface area (Å²) in [6.45, 7) is 9.62. The van der Waals surface area contributed by atoms with Crippen LogP contribution >= 0.6 is 0 Å². The van der Waals surface area contributed by atoms with Gasteiger partial charge in [-0.1, -0.05) is 59.9 Å². The minimum atomic E-state index is -1.66. The summed E-state index contributed by atoms with van der Waals surface area (Å²) in [7, 11) is -1.24. The Bertz CT molecular complexity index is 441. The van der Waals surface area contributed by atoms with Gasteiger partial charge in [0, 0.05) is 7.11 Å². The van der Waals surface area contributed by atoms with E-state index in [1.807, 2.05) is 7.11 Å². The fourth-order valence-corrected chi connectivity index (χ4v) is 9.32. The van der Waals surface area contributed by atoms with Gasteiger partial charge in [0.2, 0.25) is 8.32 Å². The SMILES string of the molecule is CO[Si](C)(C)C1=C([Si](C)(C)C2C=CC=C2)C=CC1. The molecule has 3 heteroatoms. The Kier molecular flexibility index (Phi) is 3.67. The Morgan fingerprint density at radius 3 is 2.28 bits per heavy atom. The first kappa shape index (κ1) is 13.8. The molecule has 0 saturated carbocycles. The van der Waals surface area contributed by atoms with Crippen molar-refractivity contribution in [2.75, 3.05) is 7.11 Å². The van der Waals surface area contributed by atoms with Crippen molar-refractivity contribution in [3.63, 3.8) is 0 Å². The molecule has 0 aromatic rings. The first-order valence-corrected chi connectivity index (χ1v) is 12.7. The third kappa shape index (κ3) is 2.27. The summed E-state index contributed by atoms with van der Waals surface area (Å²) in [5.41, 5.74) is 0.645. The lowest BCUT2D eigenvalue weighted by molar-refractivity contribution is 0.411. The summed E-state index contributed by atoms with van der Waals surface area (Å²) < 4.78 is 5.84. The molecular formula is C15H24OSi2. The van der Waals surface area contributed by atoms with E-state index in [1.165, 1.54) is 0 Å². The van der Waals surface area contributed by atoms with Crippen LogP contribution in [0.1, 0.15) is 6.42 Å². The van der Waals surface area contributed by atoms with E-state index in [2.05, 4.69) is 62.6 Å². The molecule has 0 aliphatic heterocycles. The molecule has 18 heavy (non-hydrogen) atoms. The highest BCUT2D eigenvalue weighted by atomic mass is 28.4. The fourth-order valence-electron chi connectivity index (χ4n) is 2.89. The molecule has 0 spiro atoms. The van der Waals surface area contributed by atoms with E-state index in [0.717, 1.165) is 6.42 Å². The first-order valence-electron chi connectivity index (χ1n) is 6.70. The van der Waals surface area contributed by atoms with Crippen molar-refractivity contribution in [1.29, 1.82) is 0 Å². The Hall–Kier alpha value is -0.646. The highest BCUT2D eigenvalue weighted by molar-refractivity contribution is 6.90. The molecule has 0 N–H and O–H groups in total. The lowest BCUT2D eigenvalue weighted by Crippen LogP contribution is -2.39. The van der Waals surface area contributed by atoms with E-state index in [-0.39, 0.29) is 0 Å². The van der Waals surface area contributed by atoms with Crippen molar-refractivity contribution in [3.05, 3.63) is 46.8 Å². The molecule has 0 bridgehead atoms. The second-order valence-electron chi connectivity index (χ2n) is 6.23. The van der Waals surface area contributed by atoms with E-state index in [4.69, 9.17) is 4.43 Å². The second-order valence-corrected chi connectivity index (χ2v) is 14.9. The molecular weight excluding hydrogens is 252 g/mol. The van der Waals surface area contributed by atoms with Crippen LogP contribution in [0.4, 0.5) is 0 Å². The van der Waals surface area contributed by atoms with Crippen LogP contribution < -0.4 is 0 Å². The van der Waals surface area contributed by atoms with Crippen LogP contribution in [-0.4, -0.2) is 23.5 Å². The maximum absolute atomic E-state index is 5.84. The molecule has 98 valence electrons. The van der Waals surface area contributed by atoms with Gasteiger partial charge in [0.05, 0.1) is 8.07 Å². The monoisotopic (exact) mass is 276 g/mol. The van der Waals surface area contributed by atoms with Crippen LogP contribution in [0.2, 0.25) is 31.7 Å². The zero-order chi connectivity index (χ0) is 13.4. The highest BCUT2D eigenvalue weighted by Crippen LogP contribution is 2.41. The quantitative estimate of drug-likeness (QED) is 0.693. The van der Waals surface area contributed by atoms with Crippen molar-refractivity contribution >= 4 is 16.4 Å². The molecule has 0 aromatic heterocycles. The lowest BCUT2D eigenvalue weighted by atomic mass is 10.5. The zero-order valence-electron chi connectivity index (χ0n) is 12.2. The Morgan fingerprint density at radius 1 is 1.11 bits per heavy atom. The maximum atomic E-state index is 5.84. The van der Waals surface area contributed by atoms with Gasteiger partial charge >= 0.3 is 0 Å². The first-order chi connectivity index (χ1) is 8.39. The van der Waals surface area contributed by atoms with E-state index >= 15 is 0 Å². The van der Waals surface area contributed by atoms with Crippen molar-refractivity contribution in [3.8, 4) is 0 Å². The molecule has 2 aliphatic carbocycles. The number of rotatable bonds is 4. The van der Waals surface area contributed by atoms with Gasteiger partial charge in [-0.15, -0.1) is 0 Å². The summed E-state index contributed by atoms with van der Waals surface area (Å²) in [6, 6.07) is 0. The van der Waals surface area contributed by atoms with Gasteiger partial charge in [0.15, 0.2) is 0 Å². The summed E-state index contributed by atoms with van der Waals surface area (Å²) in [4.78, 5) is 0. The van der Waals surface area contributed by atoms with Gasteiger partial charge in [-0.2, -0.15) is 0 Å². The van der Waals surface area contributed by atoms with Gasteiger partial charge in [0.1, 0.15) is 0 Å². The average Bonchev–Trinajstić information content (AvgIpc) is 3.00. The molecule has 0 unspecified atom stereocenters. The summed E-state index contributed by atoms with van der Waals surface area (Å²) in [5.74, 6) is 0. The Morgan fingerprint density at radius 2 is 1.72 bits per heavy atom. The molecule has 1 nitrogen and oxygen atoms in total. The third-order valence-corrected chi connectivity index (χ3v) is 11.6. The molecule has 0 amide bonds. The molecule has 2 rings (SSSR count). The zero-order valence-corrected chi connectivity index (χ0v) is 14.2. The topological polar surface area (TPSA) is 9.23 Å². The van der Waals surface area contributed by atoms with E-state index in [1.54, 1.807) is 10.4 Å². The molecule has 0 radical (unpaired) electrons. The standard InChI is InChI=1S/C15H24OSi2/c1-16-18(4,5)15-12-8-11-14(15)17(2,3)13-9-6-7-10-13/h6-11,13H,12H2,1-5H3. The number of hydrogen-bond donors (Lipinski definition) is 0. The average molecular weight is 277 g/mol.